The maximum absolute atomic E-state index is 7.99. The summed E-state index contributed by atoms with van der Waals surface area (Å²) in [6.45, 7) is 38.0. The summed E-state index contributed by atoms with van der Waals surface area (Å²) in [6.07, 6.45) is 4.32. The predicted octanol–water partition coefficient (Wildman–Crippen LogP) is 14.4. The molecular weight excluding hydrogens is 958 g/mol. The minimum atomic E-state index is -0.211. The van der Waals surface area contributed by atoms with Gasteiger partial charge in [-0.05, 0) is 97.6 Å². The number of para-hydroxylation sites is 2. The summed E-state index contributed by atoms with van der Waals surface area (Å²) in [5, 5.41) is 7.17. The molecular formula is C72H74B2N4O. The van der Waals surface area contributed by atoms with E-state index in [0.29, 0.717) is 0 Å². The Morgan fingerprint density at radius 1 is 0.405 bits per heavy atom. The molecule has 0 saturated heterocycles. The standard InChI is InChI=1S/C72H74B2N4O/c1-39(2)44-23-19-24-45(40(3)4)61(44)73-55-31-17-18-32-56(55)74(62-46(41(5)6)25-20-26-47(62)42(7)8)64-60-50-28-22-30-54-66(50)78-59(72(15,16)70(54,11)12)38-76-68(78)52(60)36-57(63(64)73)79-43-33-34-48-49-27-21-29-53-65(49)77-58(71(13,14)69(53,9)10)37-75-67(77)51(48)35-43/h17-42H,1-16H3. The number of imidazole rings is 2. The van der Waals surface area contributed by atoms with Gasteiger partial charge in [-0.3, -0.25) is 8.80 Å². The summed E-state index contributed by atoms with van der Waals surface area (Å²) >= 11 is 0. The van der Waals surface area contributed by atoms with Crippen molar-refractivity contribution in [1.82, 2.24) is 18.8 Å². The number of pyridine rings is 2. The van der Waals surface area contributed by atoms with E-state index in [1.54, 1.807) is 0 Å². The number of hydrogen-bond donors (Lipinski definition) is 0. The van der Waals surface area contributed by atoms with Gasteiger partial charge in [0.05, 0.1) is 11.0 Å². The molecule has 7 heteroatoms. The molecule has 0 N–H and O–H groups in total. The van der Waals surface area contributed by atoms with Gasteiger partial charge in [-0.2, -0.15) is 0 Å². The smallest absolute Gasteiger partial charge is 0.245 e. The molecule has 0 unspecified atom stereocenters. The Kier molecular flexibility index (Phi) is 10.6. The van der Waals surface area contributed by atoms with Crippen molar-refractivity contribution in [3.8, 4) is 11.5 Å². The average Bonchev–Trinajstić information content (AvgIpc) is 4.04. The molecule has 7 aromatic carbocycles. The fraction of sp³-hybridized carbons (Fsp3) is 0.333. The van der Waals surface area contributed by atoms with E-state index in [1.165, 1.54) is 110 Å². The number of fused-ring (bicyclic) bond motifs is 9. The number of rotatable bonds is 8. The van der Waals surface area contributed by atoms with Gasteiger partial charge < -0.3 is 4.74 Å². The van der Waals surface area contributed by atoms with Crippen molar-refractivity contribution in [3.05, 3.63) is 178 Å². The van der Waals surface area contributed by atoms with Gasteiger partial charge in [-0.25, -0.2) is 9.97 Å². The first-order valence-corrected chi connectivity index (χ1v) is 29.4. The maximum Gasteiger partial charge on any atom is 0.245 e. The summed E-state index contributed by atoms with van der Waals surface area (Å²) < 4.78 is 13.0. The zero-order valence-electron chi connectivity index (χ0n) is 49.4. The van der Waals surface area contributed by atoms with E-state index in [2.05, 4.69) is 253 Å². The van der Waals surface area contributed by atoms with Gasteiger partial charge in [0, 0.05) is 67.0 Å². The van der Waals surface area contributed by atoms with E-state index < -0.39 is 0 Å². The minimum absolute atomic E-state index is 0.109. The lowest BCUT2D eigenvalue weighted by molar-refractivity contribution is 0.288. The van der Waals surface area contributed by atoms with E-state index >= 15 is 0 Å². The first-order valence-electron chi connectivity index (χ1n) is 29.4. The lowest BCUT2D eigenvalue weighted by atomic mass is 9.19. The van der Waals surface area contributed by atoms with Gasteiger partial charge >= 0.3 is 0 Å². The van der Waals surface area contributed by atoms with Crippen LogP contribution in [0.5, 0.6) is 11.5 Å². The van der Waals surface area contributed by atoms with E-state index in [-0.39, 0.29) is 58.8 Å². The number of ether oxygens (including phenoxy) is 1. The monoisotopic (exact) mass is 1030 g/mol. The van der Waals surface area contributed by atoms with E-state index in [9.17, 15) is 0 Å². The zero-order chi connectivity index (χ0) is 55.3. The van der Waals surface area contributed by atoms with Crippen molar-refractivity contribution in [2.75, 3.05) is 0 Å². The molecule has 11 aromatic rings. The van der Waals surface area contributed by atoms with Crippen LogP contribution in [0.4, 0.5) is 0 Å². The fourth-order valence-corrected chi connectivity index (χ4v) is 15.5. The van der Waals surface area contributed by atoms with Crippen molar-refractivity contribution in [1.29, 1.82) is 0 Å². The molecule has 0 radical (unpaired) electrons. The third-order valence-corrected chi connectivity index (χ3v) is 21.0. The van der Waals surface area contributed by atoms with Crippen LogP contribution in [0.25, 0.3) is 54.6 Å². The summed E-state index contributed by atoms with van der Waals surface area (Å²) in [4.78, 5) is 10.9. The topological polar surface area (TPSA) is 43.8 Å². The zero-order valence-corrected chi connectivity index (χ0v) is 49.4. The highest BCUT2D eigenvalue weighted by Gasteiger charge is 2.50. The molecule has 3 aliphatic heterocycles. The van der Waals surface area contributed by atoms with E-state index in [4.69, 9.17) is 14.7 Å². The molecule has 0 atom stereocenters. The molecule has 14 rings (SSSR count). The molecule has 0 aliphatic carbocycles. The summed E-state index contributed by atoms with van der Waals surface area (Å²) in [6, 6.07) is 47.0. The highest BCUT2D eigenvalue weighted by Crippen LogP contribution is 2.53. The summed E-state index contributed by atoms with van der Waals surface area (Å²) in [5.74, 6) is 2.77. The second-order valence-corrected chi connectivity index (χ2v) is 27.3. The van der Waals surface area contributed by atoms with Crippen LogP contribution in [0, 0.1) is 0 Å². The number of hydrogen-bond acceptors (Lipinski definition) is 3. The first kappa shape index (κ1) is 50.1. The third kappa shape index (κ3) is 6.42. The van der Waals surface area contributed by atoms with Crippen molar-refractivity contribution in [2.45, 2.75) is 156 Å². The van der Waals surface area contributed by atoms with E-state index in [1.807, 2.05) is 0 Å². The van der Waals surface area contributed by atoms with Crippen molar-refractivity contribution < 1.29 is 4.74 Å². The van der Waals surface area contributed by atoms with Gasteiger partial charge in [0.2, 0.25) is 13.4 Å². The number of nitrogens with zero attached hydrogens (tertiary/aromatic N) is 4. The molecule has 4 aromatic heterocycles. The largest absolute Gasteiger partial charge is 0.458 e. The van der Waals surface area contributed by atoms with Crippen molar-refractivity contribution >= 4 is 101 Å². The van der Waals surface area contributed by atoms with Crippen LogP contribution in [-0.4, -0.2) is 32.2 Å². The lowest BCUT2D eigenvalue weighted by Crippen LogP contribution is -2.76. The highest BCUT2D eigenvalue weighted by atomic mass is 16.5. The number of aromatic nitrogens is 4. The van der Waals surface area contributed by atoms with Gasteiger partial charge in [-0.1, -0.05) is 235 Å². The fourth-order valence-electron chi connectivity index (χ4n) is 15.5. The molecule has 0 saturated carbocycles. The second-order valence-electron chi connectivity index (χ2n) is 27.3. The minimum Gasteiger partial charge on any atom is -0.458 e. The Morgan fingerprint density at radius 3 is 1.34 bits per heavy atom. The Hall–Kier alpha value is -7.11. The van der Waals surface area contributed by atoms with Crippen LogP contribution in [0.2, 0.25) is 0 Å². The Bertz CT molecular complexity index is 4390. The van der Waals surface area contributed by atoms with Gasteiger partial charge in [0.15, 0.2) is 0 Å². The molecule has 0 spiro atoms. The summed E-state index contributed by atoms with van der Waals surface area (Å²) in [7, 11) is 0. The lowest BCUT2D eigenvalue weighted by Gasteiger charge is -2.46. The van der Waals surface area contributed by atoms with Crippen molar-refractivity contribution in [3.63, 3.8) is 0 Å². The maximum atomic E-state index is 7.99. The van der Waals surface area contributed by atoms with Gasteiger partial charge in [-0.15, -0.1) is 0 Å². The van der Waals surface area contributed by atoms with Crippen LogP contribution in [0.1, 0.15) is 179 Å². The molecule has 394 valence electrons. The Labute approximate surface area is 468 Å². The Balaban J connectivity index is 1.19. The Morgan fingerprint density at radius 2 is 0.848 bits per heavy atom. The summed E-state index contributed by atoms with van der Waals surface area (Å²) in [5.41, 5.74) is 22.7. The average molecular weight is 1030 g/mol. The SMILES string of the molecule is CC(C)c1cccc(C(C)C)c1B1c2ccccc2B(c2c(C(C)C)cccc2C(C)C)c2c1c(Oc1ccc3c(c1)c1ncc4n1c1c(cccc31)C(C)(C)C4(C)C)cc1c2c2cccc3c2n2c(cnc12)C(C)(C)C3(C)C. The second kappa shape index (κ2) is 16.7. The quantitative estimate of drug-likeness (QED) is 0.113. The molecule has 79 heavy (non-hydrogen) atoms. The van der Waals surface area contributed by atoms with Crippen molar-refractivity contribution in [2.24, 2.45) is 0 Å². The van der Waals surface area contributed by atoms with Gasteiger partial charge in [0.25, 0.3) is 0 Å². The molecule has 0 bridgehead atoms. The van der Waals surface area contributed by atoms with Crippen LogP contribution < -0.4 is 37.5 Å². The van der Waals surface area contributed by atoms with Crippen LogP contribution in [0.15, 0.2) is 134 Å². The van der Waals surface area contributed by atoms with E-state index in [0.717, 1.165) is 33.6 Å². The molecule has 0 amide bonds. The molecule has 0 fully saturated rings. The predicted molar refractivity (Wildman–Crippen MR) is 338 cm³/mol. The van der Waals surface area contributed by atoms with Crippen LogP contribution in [-0.2, 0) is 21.7 Å². The first-order chi connectivity index (χ1) is 37.6. The normalized spacial score (nSPS) is 16.7. The molecule has 5 nitrogen and oxygen atoms in total. The highest BCUT2D eigenvalue weighted by molar-refractivity contribution is 7.13. The number of benzene rings is 7. The molecule has 3 aliphatic rings. The van der Waals surface area contributed by atoms with Gasteiger partial charge in [0.1, 0.15) is 22.8 Å². The molecule has 7 heterocycles. The van der Waals surface area contributed by atoms with Crippen LogP contribution in [0.3, 0.4) is 0 Å². The van der Waals surface area contributed by atoms with Crippen LogP contribution >= 0.6 is 0 Å². The third-order valence-electron chi connectivity index (χ3n) is 21.0.